The smallest absolute Gasteiger partial charge is 0.335 e. The lowest BCUT2D eigenvalue weighted by Crippen LogP contribution is -2.62. The number of hydrogen-bond acceptors (Lipinski definition) is 13. The summed E-state index contributed by atoms with van der Waals surface area (Å²) < 4.78 is 32.4. The maximum atomic E-state index is 13.7. The van der Waals surface area contributed by atoms with Gasteiger partial charge < -0.3 is 53.6 Å². The number of aromatic hydroxyl groups is 2. The van der Waals surface area contributed by atoms with Crippen molar-refractivity contribution in [3.8, 4) is 40.1 Å². The number of phenols is 2. The Morgan fingerprint density at radius 3 is 2.42 bits per heavy atom. The molecule has 0 bridgehead atoms. The first-order valence-corrected chi connectivity index (χ1v) is 11.1. The number of rotatable bonds is 5. The number of carboxylic acids is 1. The van der Waals surface area contributed by atoms with Gasteiger partial charge in [0, 0.05) is 18.6 Å². The molecule has 0 spiro atoms. The van der Waals surface area contributed by atoms with Crippen LogP contribution in [-0.2, 0) is 19.1 Å². The van der Waals surface area contributed by atoms with Crippen molar-refractivity contribution in [3.63, 3.8) is 0 Å². The Labute approximate surface area is 211 Å². The molecule has 0 aliphatic carbocycles. The molecule has 0 saturated carbocycles. The normalized spacial score (nSPS) is 24.2. The summed E-state index contributed by atoms with van der Waals surface area (Å²) in [5.41, 5.74) is -0.904. The minimum absolute atomic E-state index is 0.104. The molecule has 1 saturated heterocycles. The second kappa shape index (κ2) is 9.41. The fourth-order valence-electron chi connectivity index (χ4n) is 4.15. The van der Waals surface area contributed by atoms with Crippen molar-refractivity contribution in [2.24, 2.45) is 0 Å². The van der Waals surface area contributed by atoms with Gasteiger partial charge in [0.15, 0.2) is 29.5 Å². The van der Waals surface area contributed by atoms with Crippen LogP contribution < -0.4 is 19.6 Å². The molecule has 5 N–H and O–H groups in total. The van der Waals surface area contributed by atoms with Crippen LogP contribution in [0.4, 0.5) is 0 Å². The maximum absolute atomic E-state index is 13.7. The highest BCUT2D eigenvalue weighted by atomic mass is 16.7. The molecular weight excluding hydrogens is 512 g/mol. The van der Waals surface area contributed by atoms with E-state index in [2.05, 4.69) is 0 Å². The molecule has 38 heavy (non-hydrogen) atoms. The van der Waals surface area contributed by atoms with Crippen molar-refractivity contribution in [2.75, 3.05) is 6.79 Å². The number of esters is 1. The van der Waals surface area contributed by atoms with E-state index in [1.807, 2.05) is 0 Å². The summed E-state index contributed by atoms with van der Waals surface area (Å²) in [6, 6.07) is 6.65. The van der Waals surface area contributed by atoms with Crippen molar-refractivity contribution in [1.29, 1.82) is 0 Å². The number of carbonyl (C=O) groups is 2. The van der Waals surface area contributed by atoms with Gasteiger partial charge in [-0.25, -0.2) is 4.79 Å². The molecule has 2 aromatic carbocycles. The van der Waals surface area contributed by atoms with Crippen LogP contribution in [0.5, 0.6) is 28.7 Å². The largest absolute Gasteiger partial charge is 0.508 e. The topological polar surface area (TPSA) is 212 Å². The highest BCUT2D eigenvalue weighted by Gasteiger charge is 2.51. The van der Waals surface area contributed by atoms with Crippen molar-refractivity contribution >= 4 is 22.9 Å². The molecule has 14 nitrogen and oxygen atoms in total. The summed E-state index contributed by atoms with van der Waals surface area (Å²) in [5, 5.41) is 50.2. The molecule has 3 heterocycles. The third kappa shape index (κ3) is 4.19. The van der Waals surface area contributed by atoms with Gasteiger partial charge in [-0.1, -0.05) is 0 Å². The number of carbonyl (C=O) groups excluding carboxylic acids is 1. The predicted octanol–water partition coefficient (Wildman–Crippen LogP) is 0.442. The number of hydrogen-bond donors (Lipinski definition) is 5. The Balaban J connectivity index is 1.70. The van der Waals surface area contributed by atoms with Crippen LogP contribution in [0.3, 0.4) is 0 Å². The van der Waals surface area contributed by atoms with Gasteiger partial charge in [0.1, 0.15) is 28.9 Å². The lowest BCUT2D eigenvalue weighted by molar-refractivity contribution is -0.275. The van der Waals surface area contributed by atoms with Gasteiger partial charge in [-0.15, -0.1) is 0 Å². The van der Waals surface area contributed by atoms with Crippen LogP contribution in [0.25, 0.3) is 22.3 Å². The van der Waals surface area contributed by atoms with Gasteiger partial charge in [0.2, 0.25) is 30.0 Å². The third-order valence-corrected chi connectivity index (χ3v) is 5.91. The molecule has 1 fully saturated rings. The lowest BCUT2D eigenvalue weighted by atomic mass is 9.98. The summed E-state index contributed by atoms with van der Waals surface area (Å²) >= 11 is 0. The summed E-state index contributed by atoms with van der Waals surface area (Å²) in [6.07, 6.45) is -9.71. The molecule has 2 aliphatic heterocycles. The van der Waals surface area contributed by atoms with Gasteiger partial charge in [-0.3, -0.25) is 9.59 Å². The number of aliphatic carboxylic acids is 1. The first-order chi connectivity index (χ1) is 18.1. The minimum atomic E-state index is -2.02. The van der Waals surface area contributed by atoms with Crippen LogP contribution in [-0.4, -0.2) is 75.0 Å². The molecule has 14 heteroatoms. The molecule has 0 radical (unpaired) electrons. The number of aliphatic hydroxyl groups is 2. The Hall–Kier alpha value is -4.53. The van der Waals surface area contributed by atoms with Crippen molar-refractivity contribution in [1.82, 2.24) is 0 Å². The average Bonchev–Trinajstić information content (AvgIpc) is 3.34. The summed E-state index contributed by atoms with van der Waals surface area (Å²) in [5.74, 6) is -4.22. The highest BCUT2D eigenvalue weighted by molar-refractivity contribution is 5.91. The zero-order chi connectivity index (χ0) is 27.3. The second-order valence-electron chi connectivity index (χ2n) is 8.40. The van der Waals surface area contributed by atoms with E-state index in [1.165, 1.54) is 30.3 Å². The standard InChI is InChI=1S/C24H20O14/c1-8(25)35-22-17(30)16(29)21(23(31)32)38-24(22)37-20-15(28)13-11(6-12-19(14(13)27)34-7-33-12)36-18(20)9-2-4-10(26)5-3-9/h2-6,16-17,21-22,24,26-27,29-30H,7H2,1H3,(H,31,32)/t16-,17?,21?,22?,24+/m0/s1. The summed E-state index contributed by atoms with van der Waals surface area (Å²) in [7, 11) is 0. The van der Waals surface area contributed by atoms with E-state index in [1.54, 1.807) is 0 Å². The zero-order valence-electron chi connectivity index (χ0n) is 19.4. The van der Waals surface area contributed by atoms with E-state index in [0.29, 0.717) is 0 Å². The Kier molecular flexibility index (Phi) is 6.22. The van der Waals surface area contributed by atoms with Crippen LogP contribution in [0.15, 0.2) is 39.5 Å². The number of aliphatic hydroxyl groups excluding tert-OH is 2. The minimum Gasteiger partial charge on any atom is -0.508 e. The van der Waals surface area contributed by atoms with Crippen LogP contribution in [0.1, 0.15) is 6.92 Å². The first-order valence-electron chi connectivity index (χ1n) is 11.1. The van der Waals surface area contributed by atoms with E-state index in [0.717, 1.165) is 6.92 Å². The Morgan fingerprint density at radius 2 is 1.76 bits per heavy atom. The molecule has 5 atom stereocenters. The molecule has 3 unspecified atom stereocenters. The number of benzene rings is 2. The quantitative estimate of drug-likeness (QED) is 0.282. The molecule has 2 aliphatic rings. The molecule has 0 amide bonds. The predicted molar refractivity (Wildman–Crippen MR) is 122 cm³/mol. The van der Waals surface area contributed by atoms with E-state index in [-0.39, 0.29) is 46.3 Å². The van der Waals surface area contributed by atoms with Crippen molar-refractivity contribution < 1.29 is 63.2 Å². The SMILES string of the molecule is CC(=O)OC1C(O)[C@H](O)C(C(=O)O)O[C@H]1Oc1c(-c2ccc(O)cc2)oc2cc3c(c(O)c2c1=O)OCO3. The van der Waals surface area contributed by atoms with E-state index >= 15 is 0 Å². The molecule has 200 valence electrons. The van der Waals surface area contributed by atoms with E-state index in [9.17, 15) is 39.9 Å². The maximum Gasteiger partial charge on any atom is 0.335 e. The number of phenolic OH excluding ortho intramolecular Hbond substituents is 2. The van der Waals surface area contributed by atoms with E-state index < -0.39 is 59.6 Å². The Bertz CT molecular complexity index is 1480. The number of carboxylic acid groups (broad SMARTS) is 1. The molecular formula is C24H20O14. The van der Waals surface area contributed by atoms with Crippen LogP contribution in [0, 0.1) is 0 Å². The van der Waals surface area contributed by atoms with E-state index in [4.69, 9.17) is 28.1 Å². The van der Waals surface area contributed by atoms with Crippen LogP contribution in [0.2, 0.25) is 0 Å². The average molecular weight is 532 g/mol. The summed E-state index contributed by atoms with van der Waals surface area (Å²) in [6.45, 7) is 0.769. The summed E-state index contributed by atoms with van der Waals surface area (Å²) in [4.78, 5) is 37.0. The number of fused-ring (bicyclic) bond motifs is 2. The van der Waals surface area contributed by atoms with Crippen LogP contribution >= 0.6 is 0 Å². The van der Waals surface area contributed by atoms with Gasteiger partial charge in [-0.05, 0) is 24.3 Å². The molecule has 5 rings (SSSR count). The first kappa shape index (κ1) is 25.1. The molecule has 3 aromatic rings. The fourth-order valence-corrected chi connectivity index (χ4v) is 4.15. The van der Waals surface area contributed by atoms with Gasteiger partial charge in [0.25, 0.3) is 0 Å². The lowest BCUT2D eigenvalue weighted by Gasteiger charge is -2.40. The zero-order valence-corrected chi connectivity index (χ0v) is 19.4. The van der Waals surface area contributed by atoms with Gasteiger partial charge in [0.05, 0.1) is 0 Å². The third-order valence-electron chi connectivity index (χ3n) is 5.91. The van der Waals surface area contributed by atoms with Crippen molar-refractivity contribution in [2.45, 2.75) is 37.6 Å². The molecule has 1 aromatic heterocycles. The fraction of sp³-hybridized carbons (Fsp3) is 0.292. The van der Waals surface area contributed by atoms with Crippen molar-refractivity contribution in [3.05, 3.63) is 40.6 Å². The highest BCUT2D eigenvalue weighted by Crippen LogP contribution is 2.46. The number of ether oxygens (including phenoxy) is 5. The van der Waals surface area contributed by atoms with Gasteiger partial charge in [-0.2, -0.15) is 0 Å². The monoisotopic (exact) mass is 532 g/mol. The van der Waals surface area contributed by atoms with Gasteiger partial charge >= 0.3 is 11.9 Å². The second-order valence-corrected chi connectivity index (χ2v) is 8.40. The Morgan fingerprint density at radius 1 is 1.05 bits per heavy atom.